The highest BCUT2D eigenvalue weighted by molar-refractivity contribution is 8.00. The van der Waals surface area contributed by atoms with Gasteiger partial charge in [-0.25, -0.2) is 14.6 Å². The van der Waals surface area contributed by atoms with Crippen LogP contribution in [0, 0.1) is 6.92 Å². The summed E-state index contributed by atoms with van der Waals surface area (Å²) in [4.78, 5) is 71.9. The molecule has 1 aromatic heterocycles. The number of aryl methyl sites for hydroxylation is 1. The van der Waals surface area contributed by atoms with Gasteiger partial charge in [0.2, 0.25) is 17.7 Å². The fourth-order valence-corrected chi connectivity index (χ4v) is 8.53. The second kappa shape index (κ2) is 26.8. The minimum atomic E-state index is -1.05. The molecule has 1 saturated heterocycles. The van der Waals surface area contributed by atoms with E-state index in [9.17, 15) is 29.1 Å². The van der Waals surface area contributed by atoms with Crippen LogP contribution in [0.1, 0.15) is 98.8 Å². The Morgan fingerprint density at radius 3 is 2.02 bits per heavy atom. The molecular weight excluding hydrogens is 865 g/mol. The molecule has 2 heterocycles. The summed E-state index contributed by atoms with van der Waals surface area (Å²) >= 11 is 3.10. The zero-order valence-corrected chi connectivity index (χ0v) is 40.8. The molecule has 360 valence electrons. The molecule has 19 heteroatoms. The molecule has 17 nitrogen and oxygen atoms in total. The fourth-order valence-electron chi connectivity index (χ4n) is 6.52. The van der Waals surface area contributed by atoms with E-state index in [4.69, 9.17) is 23.7 Å². The molecule has 64 heavy (non-hydrogen) atoms. The Morgan fingerprint density at radius 1 is 0.812 bits per heavy atom. The lowest BCUT2D eigenvalue weighted by Gasteiger charge is -2.37. The number of aromatic nitrogens is 1. The van der Waals surface area contributed by atoms with E-state index in [1.165, 1.54) is 16.7 Å². The number of likely N-dealkylation sites (tertiary alicyclic amines) is 1. The average Bonchev–Trinajstić information content (AvgIpc) is 3.82. The van der Waals surface area contributed by atoms with E-state index in [-0.39, 0.29) is 52.5 Å². The SMILES string of the molecule is Cc1ncsc1-c1ccc(CNC(=O)[C@@H]2C[C@@H](O)CN2C(=O)[C@@H](NC(=O)COCCOCCOCCNC(=O)OC(C)(C)C)C(C)(C)SCCCCCCNC(=O)OC(C)(C)C)cc1. The van der Waals surface area contributed by atoms with Crippen molar-refractivity contribution >= 4 is 53.0 Å². The van der Waals surface area contributed by atoms with Gasteiger partial charge in [0.15, 0.2) is 0 Å². The largest absolute Gasteiger partial charge is 0.444 e. The highest BCUT2D eigenvalue weighted by atomic mass is 32.2. The number of aliphatic hydroxyl groups excluding tert-OH is 1. The third kappa shape index (κ3) is 20.9. The average molecular weight is 937 g/mol. The molecule has 3 rings (SSSR count). The number of ether oxygens (including phenoxy) is 5. The summed E-state index contributed by atoms with van der Waals surface area (Å²) in [5.74, 6) is -0.680. The van der Waals surface area contributed by atoms with Crippen molar-refractivity contribution in [3.8, 4) is 10.4 Å². The first-order valence-electron chi connectivity index (χ1n) is 22.0. The van der Waals surface area contributed by atoms with E-state index < -0.39 is 64.0 Å². The van der Waals surface area contributed by atoms with Gasteiger partial charge >= 0.3 is 12.2 Å². The van der Waals surface area contributed by atoms with Crippen molar-refractivity contribution in [2.45, 2.75) is 135 Å². The first kappa shape index (κ1) is 54.3. The van der Waals surface area contributed by atoms with Gasteiger partial charge in [-0.3, -0.25) is 14.4 Å². The van der Waals surface area contributed by atoms with E-state index >= 15 is 0 Å². The summed E-state index contributed by atoms with van der Waals surface area (Å²) in [5.41, 5.74) is 3.53. The lowest BCUT2D eigenvalue weighted by Crippen LogP contribution is -2.60. The zero-order valence-electron chi connectivity index (χ0n) is 39.2. The van der Waals surface area contributed by atoms with E-state index in [1.54, 1.807) is 37.6 Å². The quantitative estimate of drug-likeness (QED) is 0.0753. The maximum absolute atomic E-state index is 14.5. The smallest absolute Gasteiger partial charge is 0.407 e. The number of nitrogens with zero attached hydrogens (tertiary/aromatic N) is 2. The van der Waals surface area contributed by atoms with Gasteiger partial charge < -0.3 is 55.0 Å². The van der Waals surface area contributed by atoms with Crippen molar-refractivity contribution in [2.24, 2.45) is 0 Å². The number of hydrogen-bond acceptors (Lipinski definition) is 14. The minimum Gasteiger partial charge on any atom is -0.444 e. The van der Waals surface area contributed by atoms with Gasteiger partial charge in [0.25, 0.3) is 0 Å². The maximum Gasteiger partial charge on any atom is 0.407 e. The van der Waals surface area contributed by atoms with Crippen LogP contribution in [-0.2, 0) is 44.6 Å². The van der Waals surface area contributed by atoms with Gasteiger partial charge in [0, 0.05) is 37.3 Å². The molecule has 0 saturated carbocycles. The van der Waals surface area contributed by atoms with Crippen LogP contribution in [-0.4, -0.2) is 144 Å². The van der Waals surface area contributed by atoms with Gasteiger partial charge in [0.1, 0.15) is 29.9 Å². The third-order valence-corrected chi connectivity index (χ3v) is 12.1. The molecule has 0 unspecified atom stereocenters. The molecule has 1 aromatic carbocycles. The molecule has 5 amide bonds. The van der Waals surface area contributed by atoms with Gasteiger partial charge in [0.05, 0.1) is 55.2 Å². The van der Waals surface area contributed by atoms with E-state index in [0.29, 0.717) is 25.4 Å². The maximum atomic E-state index is 14.5. The Kier molecular flexibility index (Phi) is 22.8. The lowest BCUT2D eigenvalue weighted by atomic mass is 10.0. The van der Waals surface area contributed by atoms with Crippen LogP contribution in [0.2, 0.25) is 0 Å². The van der Waals surface area contributed by atoms with Crippen molar-refractivity contribution in [3.63, 3.8) is 0 Å². The number of hydrogen-bond donors (Lipinski definition) is 5. The summed E-state index contributed by atoms with van der Waals surface area (Å²) in [6, 6.07) is 5.86. The Bertz CT molecular complexity index is 1760. The Hall–Kier alpha value is -4.01. The molecule has 5 N–H and O–H groups in total. The van der Waals surface area contributed by atoms with Crippen LogP contribution in [0.3, 0.4) is 0 Å². The number of thiazole rings is 1. The number of nitrogens with one attached hydrogen (secondary N) is 4. The number of unbranched alkanes of at least 4 members (excludes halogenated alkanes) is 3. The molecule has 3 atom stereocenters. The van der Waals surface area contributed by atoms with Crippen molar-refractivity contribution in [1.82, 2.24) is 31.2 Å². The third-order valence-electron chi connectivity index (χ3n) is 9.65. The standard InChI is InChI=1S/C45H72N6O11S2/c1-31-37(63-30-49-31)33-16-14-32(15-17-33)27-48-39(54)35-26-34(52)28-51(35)40(55)38(45(8,9)64-25-13-11-10-12-18-46-41(56)61-43(2,3)4)50-36(53)29-60-24-23-59-22-21-58-20-19-47-42(57)62-44(5,6)7/h14-17,30,34-35,38,52H,10-13,18-29H2,1-9H3,(H,46,56)(H,47,57)(H,48,54)(H,50,53)/t34-,35+,38-/m1/s1. The summed E-state index contributed by atoms with van der Waals surface area (Å²) < 4.78 is 26.2. The van der Waals surface area contributed by atoms with Crippen LogP contribution < -0.4 is 21.3 Å². The molecule has 1 fully saturated rings. The zero-order chi connectivity index (χ0) is 47.3. The van der Waals surface area contributed by atoms with E-state index in [2.05, 4.69) is 26.3 Å². The number of benzene rings is 1. The number of amides is 5. The second-order valence-corrected chi connectivity index (χ2v) is 20.7. The number of thioether (sulfide) groups is 1. The highest BCUT2D eigenvalue weighted by Crippen LogP contribution is 2.33. The number of alkyl carbamates (subject to hydrolysis) is 2. The van der Waals surface area contributed by atoms with Crippen LogP contribution in [0.25, 0.3) is 10.4 Å². The van der Waals surface area contributed by atoms with Crippen molar-refractivity contribution in [1.29, 1.82) is 0 Å². The molecular formula is C45H72N6O11S2. The number of aliphatic hydroxyl groups is 1. The fraction of sp³-hybridized carbons (Fsp3) is 0.689. The molecule has 1 aliphatic rings. The van der Waals surface area contributed by atoms with E-state index in [1.807, 2.05) is 65.8 Å². The summed E-state index contributed by atoms with van der Waals surface area (Å²) in [6.45, 7) is 18.4. The first-order valence-corrected chi connectivity index (χ1v) is 23.9. The molecule has 0 bridgehead atoms. The monoisotopic (exact) mass is 936 g/mol. The van der Waals surface area contributed by atoms with Gasteiger partial charge in [-0.1, -0.05) is 37.1 Å². The predicted molar refractivity (Wildman–Crippen MR) is 248 cm³/mol. The van der Waals surface area contributed by atoms with Crippen LogP contribution in [0.5, 0.6) is 0 Å². The molecule has 0 radical (unpaired) electrons. The number of rotatable bonds is 26. The Morgan fingerprint density at radius 2 is 1.41 bits per heavy atom. The summed E-state index contributed by atoms with van der Waals surface area (Å²) in [7, 11) is 0. The lowest BCUT2D eigenvalue weighted by molar-refractivity contribution is -0.142. The van der Waals surface area contributed by atoms with Crippen LogP contribution in [0.15, 0.2) is 29.8 Å². The number of β-amino-alcohol motifs (C(OH)–C–C–N with tert-alkyl or cyclic N) is 1. The summed E-state index contributed by atoms with van der Waals surface area (Å²) in [5, 5.41) is 22.0. The topological polar surface area (TPSA) is 216 Å². The summed E-state index contributed by atoms with van der Waals surface area (Å²) in [6.07, 6.45) is 1.60. The number of carbonyl (C=O) groups excluding carboxylic acids is 5. The predicted octanol–water partition coefficient (Wildman–Crippen LogP) is 5.35. The van der Waals surface area contributed by atoms with Gasteiger partial charge in [-0.15, -0.1) is 11.3 Å². The normalized spacial score (nSPS) is 15.9. The number of carbonyl (C=O) groups is 5. The first-order chi connectivity index (χ1) is 30.1. The molecule has 1 aliphatic heterocycles. The highest BCUT2D eigenvalue weighted by Gasteiger charge is 2.46. The molecule has 0 spiro atoms. The van der Waals surface area contributed by atoms with Gasteiger partial charge in [-0.2, -0.15) is 11.8 Å². The van der Waals surface area contributed by atoms with E-state index in [0.717, 1.165) is 47.4 Å². The van der Waals surface area contributed by atoms with Crippen molar-refractivity contribution < 1.29 is 52.8 Å². The van der Waals surface area contributed by atoms with Crippen LogP contribution in [0.4, 0.5) is 9.59 Å². The molecule has 2 aromatic rings. The van der Waals surface area contributed by atoms with Crippen molar-refractivity contribution in [3.05, 3.63) is 41.0 Å². The second-order valence-electron chi connectivity index (χ2n) is 18.1. The Balaban J connectivity index is 1.53. The molecule has 0 aliphatic carbocycles. The minimum absolute atomic E-state index is 0.0535. The van der Waals surface area contributed by atoms with Crippen molar-refractivity contribution in [2.75, 3.05) is 65.0 Å². The Labute approximate surface area is 387 Å². The van der Waals surface area contributed by atoms with Gasteiger partial charge in [-0.05, 0) is 92.0 Å². The van der Waals surface area contributed by atoms with Crippen LogP contribution >= 0.6 is 23.1 Å².